The number of para-hydroxylation sites is 1. The van der Waals surface area contributed by atoms with Crippen molar-refractivity contribution in [1.29, 1.82) is 0 Å². The first-order valence-corrected chi connectivity index (χ1v) is 8.02. The molecular weight excluding hydrogens is 326 g/mol. The number of H-pyrrole nitrogens is 1. The molecule has 1 unspecified atom stereocenters. The van der Waals surface area contributed by atoms with Crippen LogP contribution in [0, 0.1) is 4.77 Å². The number of nitrogens with one attached hydrogen (secondary N) is 2. The Morgan fingerprint density at radius 2 is 2.21 bits per heavy atom. The van der Waals surface area contributed by atoms with Gasteiger partial charge in [-0.05, 0) is 37.7 Å². The molecule has 7 nitrogen and oxygen atoms in total. The highest BCUT2D eigenvalue weighted by molar-refractivity contribution is 7.71. The number of aromatic amines is 1. The van der Waals surface area contributed by atoms with Crippen LogP contribution in [0.4, 0.5) is 0 Å². The van der Waals surface area contributed by atoms with Crippen LogP contribution in [0.3, 0.4) is 0 Å². The lowest BCUT2D eigenvalue weighted by Crippen LogP contribution is -2.30. The molecule has 3 rings (SSSR count). The van der Waals surface area contributed by atoms with Crippen molar-refractivity contribution in [1.82, 2.24) is 24.5 Å². The van der Waals surface area contributed by atoms with Crippen LogP contribution < -0.4 is 10.9 Å². The highest BCUT2D eigenvalue weighted by atomic mass is 32.1. The van der Waals surface area contributed by atoms with Gasteiger partial charge < -0.3 is 5.32 Å². The van der Waals surface area contributed by atoms with Crippen molar-refractivity contribution in [3.8, 4) is 0 Å². The van der Waals surface area contributed by atoms with E-state index in [1.54, 1.807) is 22.6 Å². The molecular formula is C16H17N5O2S. The smallest absolute Gasteiger partial charge is 0.266 e. The summed E-state index contributed by atoms with van der Waals surface area (Å²) in [6.07, 6.45) is 3.56. The molecule has 1 amide bonds. The first-order chi connectivity index (χ1) is 11.5. The normalized spacial score (nSPS) is 12.9. The lowest BCUT2D eigenvalue weighted by Gasteiger charge is -2.09. The molecule has 24 heavy (non-hydrogen) atoms. The number of aromatic nitrogens is 4. The second kappa shape index (κ2) is 6.40. The maximum atomic E-state index is 12.7. The highest BCUT2D eigenvalue weighted by Crippen LogP contribution is 2.12. The van der Waals surface area contributed by atoms with Crippen LogP contribution >= 0.6 is 12.2 Å². The van der Waals surface area contributed by atoms with Gasteiger partial charge in [0.15, 0.2) is 0 Å². The van der Waals surface area contributed by atoms with Gasteiger partial charge in [-0.1, -0.05) is 19.1 Å². The Morgan fingerprint density at radius 3 is 2.96 bits per heavy atom. The molecule has 3 aromatic rings. The fraction of sp³-hybridized carbons (Fsp3) is 0.250. The maximum absolute atomic E-state index is 12.7. The summed E-state index contributed by atoms with van der Waals surface area (Å²) in [6, 6.07) is 7.20. The van der Waals surface area contributed by atoms with E-state index in [0.29, 0.717) is 21.5 Å². The largest absolute Gasteiger partial charge is 0.350 e. The highest BCUT2D eigenvalue weighted by Gasteiger charge is 2.11. The Balaban J connectivity index is 2.17. The van der Waals surface area contributed by atoms with Crippen molar-refractivity contribution in [3.05, 3.63) is 45.5 Å². The molecule has 2 aromatic heterocycles. The Hall–Kier alpha value is -2.74. The van der Waals surface area contributed by atoms with Crippen LogP contribution in [0.15, 0.2) is 35.1 Å². The standard InChI is InChI=1S/C16H17N5O2S/c1-3-10(2)17-13(22)8-9-20-14(23)11-6-4-5-7-12(11)21-15(20)18-19-16(21)24/h4-10H,3H2,1-2H3,(H,17,22)(H,19,24). The molecule has 0 aliphatic heterocycles. The van der Waals surface area contributed by atoms with Gasteiger partial charge in [0.1, 0.15) is 0 Å². The number of benzene rings is 1. The molecule has 2 heterocycles. The molecule has 0 fully saturated rings. The summed E-state index contributed by atoms with van der Waals surface area (Å²) < 4.78 is 3.36. The van der Waals surface area contributed by atoms with Crippen LogP contribution in [0.5, 0.6) is 0 Å². The van der Waals surface area contributed by atoms with Crippen LogP contribution in [0.1, 0.15) is 20.3 Å². The number of carbonyl (C=O) groups is 1. The third-order valence-electron chi connectivity index (χ3n) is 3.84. The minimum atomic E-state index is -0.267. The topological polar surface area (TPSA) is 84.2 Å². The third kappa shape index (κ3) is 2.76. The van der Waals surface area contributed by atoms with Crippen LogP contribution in [0.25, 0.3) is 22.9 Å². The minimum Gasteiger partial charge on any atom is -0.350 e. The van der Waals surface area contributed by atoms with E-state index in [2.05, 4.69) is 15.5 Å². The van der Waals surface area contributed by atoms with E-state index in [0.717, 1.165) is 6.42 Å². The zero-order chi connectivity index (χ0) is 17.3. The number of carbonyl (C=O) groups excluding carboxylic acids is 1. The second-order valence-corrected chi connectivity index (χ2v) is 5.88. The van der Waals surface area contributed by atoms with Crippen LogP contribution in [-0.2, 0) is 4.79 Å². The summed E-state index contributed by atoms with van der Waals surface area (Å²) in [5.74, 6) is 0.0629. The molecule has 1 atom stereocenters. The molecule has 124 valence electrons. The monoisotopic (exact) mass is 343 g/mol. The summed E-state index contributed by atoms with van der Waals surface area (Å²) in [6.45, 7) is 3.90. The summed E-state index contributed by atoms with van der Waals surface area (Å²) in [7, 11) is 0. The van der Waals surface area contributed by atoms with E-state index in [-0.39, 0.29) is 17.5 Å². The number of rotatable bonds is 4. The number of amides is 1. The van der Waals surface area contributed by atoms with E-state index >= 15 is 0 Å². The molecule has 0 radical (unpaired) electrons. The predicted molar refractivity (Wildman–Crippen MR) is 95.4 cm³/mol. The Kier molecular flexibility index (Phi) is 4.30. The van der Waals surface area contributed by atoms with Crippen LogP contribution in [-0.4, -0.2) is 31.1 Å². The van der Waals surface area contributed by atoms with Gasteiger partial charge in [0.2, 0.25) is 16.5 Å². The first kappa shape index (κ1) is 16.1. The van der Waals surface area contributed by atoms with Crippen LogP contribution in [0.2, 0.25) is 0 Å². The fourth-order valence-corrected chi connectivity index (χ4v) is 2.63. The van der Waals surface area contributed by atoms with Crippen molar-refractivity contribution in [2.75, 3.05) is 0 Å². The van der Waals surface area contributed by atoms with Gasteiger partial charge in [-0.15, -0.1) is 5.10 Å². The average molecular weight is 343 g/mol. The number of fused-ring (bicyclic) bond motifs is 3. The fourth-order valence-electron chi connectivity index (χ4n) is 2.41. The zero-order valence-corrected chi connectivity index (χ0v) is 14.1. The molecule has 0 bridgehead atoms. The van der Waals surface area contributed by atoms with Gasteiger partial charge in [-0.3, -0.25) is 18.6 Å². The third-order valence-corrected chi connectivity index (χ3v) is 4.11. The average Bonchev–Trinajstić information content (AvgIpc) is 2.96. The van der Waals surface area contributed by atoms with Gasteiger partial charge in [-0.2, -0.15) is 0 Å². The van der Waals surface area contributed by atoms with Crippen molar-refractivity contribution in [2.45, 2.75) is 26.3 Å². The number of hydrogen-bond donors (Lipinski definition) is 2. The molecule has 0 aliphatic rings. The second-order valence-electron chi connectivity index (χ2n) is 5.49. The quantitative estimate of drug-likeness (QED) is 0.561. The van der Waals surface area contributed by atoms with E-state index in [9.17, 15) is 9.59 Å². The van der Waals surface area contributed by atoms with Gasteiger partial charge >= 0.3 is 0 Å². The van der Waals surface area contributed by atoms with Crippen molar-refractivity contribution in [3.63, 3.8) is 0 Å². The Bertz CT molecular complexity index is 1060. The van der Waals surface area contributed by atoms with Gasteiger partial charge in [0.05, 0.1) is 10.9 Å². The predicted octanol–water partition coefficient (Wildman–Crippen LogP) is 2.09. The first-order valence-electron chi connectivity index (χ1n) is 7.62. The zero-order valence-electron chi connectivity index (χ0n) is 13.3. The van der Waals surface area contributed by atoms with Gasteiger partial charge in [0, 0.05) is 18.3 Å². The van der Waals surface area contributed by atoms with Crippen molar-refractivity contribution < 1.29 is 4.79 Å². The Labute approximate surface area is 142 Å². The lowest BCUT2D eigenvalue weighted by atomic mass is 10.2. The molecule has 0 aliphatic carbocycles. The maximum Gasteiger partial charge on any atom is 0.266 e. The minimum absolute atomic E-state index is 0.0643. The summed E-state index contributed by atoms with van der Waals surface area (Å²) in [5.41, 5.74) is 0.407. The summed E-state index contributed by atoms with van der Waals surface area (Å²) in [4.78, 5) is 24.7. The van der Waals surface area contributed by atoms with E-state index in [4.69, 9.17) is 12.2 Å². The molecule has 1 aromatic carbocycles. The van der Waals surface area contributed by atoms with Gasteiger partial charge in [-0.25, -0.2) is 5.10 Å². The van der Waals surface area contributed by atoms with E-state index < -0.39 is 0 Å². The SMILES string of the molecule is CCC(C)NC(=O)C=Cn1c(=O)c2ccccc2n2c(=S)[nH]nc12. The molecule has 0 saturated carbocycles. The number of nitrogens with zero attached hydrogens (tertiary/aromatic N) is 3. The Morgan fingerprint density at radius 1 is 1.46 bits per heavy atom. The molecule has 0 saturated heterocycles. The van der Waals surface area contributed by atoms with Crippen molar-refractivity contribution in [2.24, 2.45) is 0 Å². The van der Waals surface area contributed by atoms with E-state index in [1.807, 2.05) is 19.9 Å². The molecule has 8 heteroatoms. The van der Waals surface area contributed by atoms with Crippen molar-refractivity contribution >= 4 is 41.0 Å². The van der Waals surface area contributed by atoms with E-state index in [1.165, 1.54) is 16.8 Å². The lowest BCUT2D eigenvalue weighted by molar-refractivity contribution is -0.117. The molecule has 0 spiro atoms. The molecule has 2 N–H and O–H groups in total. The summed E-state index contributed by atoms with van der Waals surface area (Å²) >= 11 is 5.25. The van der Waals surface area contributed by atoms with Gasteiger partial charge in [0.25, 0.3) is 5.56 Å². The summed E-state index contributed by atoms with van der Waals surface area (Å²) in [5, 5.41) is 10.1. The number of hydrogen-bond acceptors (Lipinski definition) is 4.